The molecule has 3 unspecified atom stereocenters. The van der Waals surface area contributed by atoms with Gasteiger partial charge < -0.3 is 9.47 Å². The molecule has 23 heavy (non-hydrogen) atoms. The standard InChI is InChI=1S/C19H22N2O2/c1-22-16-4-5-17(14(6-8-20)7-9-21)19(12-16)23-18-11-13-2-3-15(18)10-13/h4-5,12-15,18H,2-3,6-7,10-11H2,1H3. The van der Waals surface area contributed by atoms with E-state index in [1.54, 1.807) is 7.11 Å². The Morgan fingerprint density at radius 3 is 2.52 bits per heavy atom. The van der Waals surface area contributed by atoms with Crippen LogP contribution in [0.1, 0.15) is 50.0 Å². The molecule has 0 saturated heterocycles. The Bertz CT molecular complexity index is 628. The van der Waals surface area contributed by atoms with E-state index in [1.807, 2.05) is 18.2 Å². The molecule has 2 aliphatic rings. The molecule has 2 saturated carbocycles. The molecule has 2 fully saturated rings. The predicted octanol–water partition coefficient (Wildman–Crippen LogP) is 4.17. The summed E-state index contributed by atoms with van der Waals surface area (Å²) in [6.45, 7) is 0. The van der Waals surface area contributed by atoms with E-state index in [1.165, 1.54) is 19.3 Å². The van der Waals surface area contributed by atoms with Crippen molar-refractivity contribution in [2.24, 2.45) is 11.8 Å². The minimum Gasteiger partial charge on any atom is -0.497 e. The monoisotopic (exact) mass is 310 g/mol. The summed E-state index contributed by atoms with van der Waals surface area (Å²) >= 11 is 0. The molecular formula is C19H22N2O2. The summed E-state index contributed by atoms with van der Waals surface area (Å²) in [5.74, 6) is 2.90. The molecule has 120 valence electrons. The minimum absolute atomic E-state index is 0.107. The first kappa shape index (κ1) is 15.7. The third-order valence-corrected chi connectivity index (χ3v) is 5.29. The van der Waals surface area contributed by atoms with E-state index < -0.39 is 0 Å². The topological polar surface area (TPSA) is 66.0 Å². The zero-order valence-corrected chi connectivity index (χ0v) is 13.5. The number of fused-ring (bicyclic) bond motifs is 2. The van der Waals surface area contributed by atoms with Crippen LogP contribution in [0.15, 0.2) is 18.2 Å². The van der Waals surface area contributed by atoms with Crippen molar-refractivity contribution in [2.45, 2.75) is 50.5 Å². The summed E-state index contributed by atoms with van der Waals surface area (Å²) in [5.41, 5.74) is 0.955. The number of hydrogen-bond donors (Lipinski definition) is 0. The molecule has 1 aromatic carbocycles. The van der Waals surface area contributed by atoms with E-state index in [2.05, 4.69) is 12.1 Å². The van der Waals surface area contributed by atoms with Crippen LogP contribution in [0.5, 0.6) is 11.5 Å². The van der Waals surface area contributed by atoms with Crippen LogP contribution >= 0.6 is 0 Å². The van der Waals surface area contributed by atoms with Crippen molar-refractivity contribution >= 4 is 0 Å². The Morgan fingerprint density at radius 1 is 1.17 bits per heavy atom. The van der Waals surface area contributed by atoms with Crippen molar-refractivity contribution in [1.29, 1.82) is 10.5 Å². The van der Waals surface area contributed by atoms with Gasteiger partial charge in [0.15, 0.2) is 0 Å². The van der Waals surface area contributed by atoms with Crippen LogP contribution < -0.4 is 9.47 Å². The van der Waals surface area contributed by atoms with Gasteiger partial charge in [0, 0.05) is 24.8 Å². The molecule has 4 heteroatoms. The second-order valence-corrected chi connectivity index (χ2v) is 6.66. The number of benzene rings is 1. The van der Waals surface area contributed by atoms with Crippen molar-refractivity contribution in [3.8, 4) is 23.6 Å². The van der Waals surface area contributed by atoms with Gasteiger partial charge in [-0.3, -0.25) is 0 Å². The second-order valence-electron chi connectivity index (χ2n) is 6.66. The third kappa shape index (κ3) is 3.27. The van der Waals surface area contributed by atoms with Gasteiger partial charge in [0.2, 0.25) is 0 Å². The van der Waals surface area contributed by atoms with E-state index in [0.717, 1.165) is 29.4 Å². The maximum atomic E-state index is 9.06. The molecule has 0 spiro atoms. The number of nitrogens with zero attached hydrogens (tertiary/aromatic N) is 2. The van der Waals surface area contributed by atoms with Gasteiger partial charge in [-0.05, 0) is 49.1 Å². The lowest BCUT2D eigenvalue weighted by Crippen LogP contribution is -2.24. The average molecular weight is 310 g/mol. The Kier molecular flexibility index (Phi) is 4.72. The van der Waals surface area contributed by atoms with Crippen molar-refractivity contribution in [1.82, 2.24) is 0 Å². The SMILES string of the molecule is COc1ccc(C(CC#N)CC#N)c(OC2CC3CCC2C3)c1. The fourth-order valence-electron chi connectivity index (χ4n) is 4.09. The molecular weight excluding hydrogens is 288 g/mol. The summed E-state index contributed by atoms with van der Waals surface area (Å²) in [5, 5.41) is 18.1. The summed E-state index contributed by atoms with van der Waals surface area (Å²) in [4.78, 5) is 0. The first-order valence-electron chi connectivity index (χ1n) is 8.33. The quantitative estimate of drug-likeness (QED) is 0.790. The fourth-order valence-corrected chi connectivity index (χ4v) is 4.09. The summed E-state index contributed by atoms with van der Waals surface area (Å²) < 4.78 is 11.7. The van der Waals surface area contributed by atoms with Gasteiger partial charge in [-0.1, -0.05) is 6.07 Å². The van der Waals surface area contributed by atoms with Gasteiger partial charge >= 0.3 is 0 Å². The third-order valence-electron chi connectivity index (χ3n) is 5.29. The van der Waals surface area contributed by atoms with Crippen LogP contribution in [-0.2, 0) is 0 Å². The van der Waals surface area contributed by atoms with Crippen molar-refractivity contribution in [3.63, 3.8) is 0 Å². The highest BCUT2D eigenvalue weighted by molar-refractivity contribution is 5.43. The second kappa shape index (κ2) is 6.92. The first-order chi connectivity index (χ1) is 11.2. The maximum absolute atomic E-state index is 9.06. The van der Waals surface area contributed by atoms with Gasteiger partial charge in [-0.2, -0.15) is 10.5 Å². The van der Waals surface area contributed by atoms with Gasteiger partial charge in [0.1, 0.15) is 17.6 Å². The zero-order valence-electron chi connectivity index (χ0n) is 13.5. The highest BCUT2D eigenvalue weighted by Crippen LogP contribution is 2.47. The van der Waals surface area contributed by atoms with Gasteiger partial charge in [0.05, 0.1) is 19.2 Å². The van der Waals surface area contributed by atoms with Crippen molar-refractivity contribution in [2.75, 3.05) is 7.11 Å². The lowest BCUT2D eigenvalue weighted by atomic mass is 9.92. The van der Waals surface area contributed by atoms with Crippen LogP contribution in [0.25, 0.3) is 0 Å². The Hall–Kier alpha value is -2.20. The van der Waals surface area contributed by atoms with Crippen LogP contribution in [0, 0.1) is 34.5 Å². The van der Waals surface area contributed by atoms with E-state index >= 15 is 0 Å². The van der Waals surface area contributed by atoms with E-state index in [0.29, 0.717) is 18.8 Å². The highest BCUT2D eigenvalue weighted by atomic mass is 16.5. The molecule has 4 nitrogen and oxygen atoms in total. The molecule has 0 radical (unpaired) electrons. The number of rotatable bonds is 6. The number of ether oxygens (including phenoxy) is 2. The van der Waals surface area contributed by atoms with E-state index in [4.69, 9.17) is 20.0 Å². The lowest BCUT2D eigenvalue weighted by molar-refractivity contribution is 0.136. The summed E-state index contributed by atoms with van der Waals surface area (Å²) in [6, 6.07) is 10.1. The molecule has 0 heterocycles. The lowest BCUT2D eigenvalue weighted by Gasteiger charge is -2.26. The molecule has 3 rings (SSSR count). The summed E-state index contributed by atoms with van der Waals surface area (Å²) in [6.07, 6.45) is 5.92. The van der Waals surface area contributed by atoms with Gasteiger partial charge in [-0.15, -0.1) is 0 Å². The first-order valence-corrected chi connectivity index (χ1v) is 8.33. The number of nitriles is 2. The van der Waals surface area contributed by atoms with Crippen LogP contribution in [-0.4, -0.2) is 13.2 Å². The van der Waals surface area contributed by atoms with Crippen LogP contribution in [0.2, 0.25) is 0 Å². The number of methoxy groups -OCH3 is 1. The van der Waals surface area contributed by atoms with Crippen molar-refractivity contribution in [3.05, 3.63) is 23.8 Å². The summed E-state index contributed by atoms with van der Waals surface area (Å²) in [7, 11) is 1.64. The molecule has 0 aromatic heterocycles. The highest BCUT2D eigenvalue weighted by Gasteiger charge is 2.41. The molecule has 0 aliphatic heterocycles. The van der Waals surface area contributed by atoms with Crippen molar-refractivity contribution < 1.29 is 9.47 Å². The molecule has 2 aliphatic carbocycles. The largest absolute Gasteiger partial charge is 0.497 e. The number of hydrogen-bond acceptors (Lipinski definition) is 4. The Labute approximate surface area is 137 Å². The molecule has 0 N–H and O–H groups in total. The molecule has 0 amide bonds. The normalized spacial score (nSPS) is 25.1. The van der Waals surface area contributed by atoms with E-state index in [-0.39, 0.29) is 12.0 Å². The maximum Gasteiger partial charge on any atom is 0.126 e. The molecule has 2 bridgehead atoms. The zero-order chi connectivity index (χ0) is 16.2. The molecule has 1 aromatic rings. The van der Waals surface area contributed by atoms with Gasteiger partial charge in [0.25, 0.3) is 0 Å². The van der Waals surface area contributed by atoms with Gasteiger partial charge in [-0.25, -0.2) is 0 Å². The van der Waals surface area contributed by atoms with E-state index in [9.17, 15) is 0 Å². The smallest absolute Gasteiger partial charge is 0.126 e. The Balaban J connectivity index is 1.86. The Morgan fingerprint density at radius 2 is 1.96 bits per heavy atom. The van der Waals surface area contributed by atoms with Crippen LogP contribution in [0.3, 0.4) is 0 Å². The molecule has 3 atom stereocenters. The minimum atomic E-state index is -0.107. The van der Waals surface area contributed by atoms with Crippen LogP contribution in [0.4, 0.5) is 0 Å². The average Bonchev–Trinajstić information content (AvgIpc) is 3.17. The predicted molar refractivity (Wildman–Crippen MR) is 86.1 cm³/mol. The fraction of sp³-hybridized carbons (Fsp3) is 0.579.